The molecule has 0 aromatic carbocycles. The number of nitrogens with zero attached hydrogens (tertiary/aromatic N) is 1. The molecule has 0 aliphatic carbocycles. The van der Waals surface area contributed by atoms with Gasteiger partial charge in [-0.1, -0.05) is 0 Å². The van der Waals surface area contributed by atoms with Gasteiger partial charge < -0.3 is 10.0 Å². The van der Waals surface area contributed by atoms with Crippen molar-refractivity contribution < 1.29 is 9.90 Å². The van der Waals surface area contributed by atoms with Crippen molar-refractivity contribution in [3.8, 4) is 12.3 Å². The molecule has 0 aromatic heterocycles. The standard InChI is InChI=1S/C9H13NO2/c1-2-3-8-4-6-10(7-5-8)9(11)12/h1,8H,3-7H2,(H,11,12). The molecule has 12 heavy (non-hydrogen) atoms. The maximum atomic E-state index is 10.5. The first kappa shape index (κ1) is 8.92. The highest BCUT2D eigenvalue weighted by molar-refractivity contribution is 5.64. The quantitative estimate of drug-likeness (QED) is 0.600. The largest absolute Gasteiger partial charge is 0.465 e. The molecule has 0 bridgehead atoms. The van der Waals surface area contributed by atoms with Gasteiger partial charge in [-0.15, -0.1) is 12.3 Å². The smallest absolute Gasteiger partial charge is 0.407 e. The molecule has 3 heteroatoms. The summed E-state index contributed by atoms with van der Waals surface area (Å²) in [6.45, 7) is 1.28. The summed E-state index contributed by atoms with van der Waals surface area (Å²) in [6, 6.07) is 0. The van der Waals surface area contributed by atoms with Crippen LogP contribution in [0.25, 0.3) is 0 Å². The molecule has 1 heterocycles. The Hall–Kier alpha value is -1.17. The van der Waals surface area contributed by atoms with Crippen LogP contribution in [0.15, 0.2) is 0 Å². The number of hydrogen-bond donors (Lipinski definition) is 1. The lowest BCUT2D eigenvalue weighted by Gasteiger charge is -2.28. The summed E-state index contributed by atoms with van der Waals surface area (Å²) in [5.74, 6) is 3.15. The van der Waals surface area contributed by atoms with Crippen molar-refractivity contribution in [2.45, 2.75) is 19.3 Å². The maximum absolute atomic E-state index is 10.5. The van der Waals surface area contributed by atoms with E-state index in [0.29, 0.717) is 19.0 Å². The van der Waals surface area contributed by atoms with Crippen LogP contribution < -0.4 is 0 Å². The Balaban J connectivity index is 2.30. The molecule has 0 atom stereocenters. The van der Waals surface area contributed by atoms with Gasteiger partial charge in [-0.05, 0) is 18.8 Å². The van der Waals surface area contributed by atoms with E-state index in [9.17, 15) is 4.79 Å². The summed E-state index contributed by atoms with van der Waals surface area (Å²) in [5.41, 5.74) is 0. The molecular formula is C9H13NO2. The lowest BCUT2D eigenvalue weighted by atomic mass is 9.94. The van der Waals surface area contributed by atoms with Crippen LogP contribution >= 0.6 is 0 Å². The predicted molar refractivity (Wildman–Crippen MR) is 45.8 cm³/mol. The molecule has 1 aliphatic heterocycles. The molecule has 0 saturated carbocycles. The highest BCUT2D eigenvalue weighted by atomic mass is 16.4. The number of piperidine rings is 1. The van der Waals surface area contributed by atoms with Crippen LogP contribution in [0.5, 0.6) is 0 Å². The molecule has 1 N–H and O–H groups in total. The molecule has 1 amide bonds. The van der Waals surface area contributed by atoms with E-state index in [0.717, 1.165) is 19.3 Å². The van der Waals surface area contributed by atoms with Crippen LogP contribution in [0.2, 0.25) is 0 Å². The minimum atomic E-state index is -0.811. The summed E-state index contributed by atoms with van der Waals surface area (Å²) in [5, 5.41) is 8.64. The number of carbonyl (C=O) groups is 1. The molecule has 3 nitrogen and oxygen atoms in total. The van der Waals surface area contributed by atoms with Gasteiger partial charge >= 0.3 is 6.09 Å². The third-order valence-electron chi connectivity index (χ3n) is 2.29. The summed E-state index contributed by atoms with van der Waals surface area (Å²) >= 11 is 0. The number of rotatable bonds is 1. The fourth-order valence-electron chi connectivity index (χ4n) is 1.50. The average Bonchev–Trinajstić information content (AvgIpc) is 2.06. The lowest BCUT2D eigenvalue weighted by Crippen LogP contribution is -2.37. The third-order valence-corrected chi connectivity index (χ3v) is 2.29. The summed E-state index contributed by atoms with van der Waals surface area (Å²) < 4.78 is 0. The Bertz CT molecular complexity index is 199. The highest BCUT2D eigenvalue weighted by Gasteiger charge is 2.21. The zero-order valence-corrected chi connectivity index (χ0v) is 6.99. The Kier molecular flexibility index (Phi) is 2.98. The Labute approximate surface area is 72.4 Å². The van der Waals surface area contributed by atoms with Crippen LogP contribution in [0.3, 0.4) is 0 Å². The minimum absolute atomic E-state index is 0.533. The number of carboxylic acid groups (broad SMARTS) is 1. The second-order valence-corrected chi connectivity index (χ2v) is 3.12. The fraction of sp³-hybridized carbons (Fsp3) is 0.667. The van der Waals surface area contributed by atoms with Gasteiger partial charge in [0.15, 0.2) is 0 Å². The molecule has 1 saturated heterocycles. The monoisotopic (exact) mass is 167 g/mol. The number of terminal acetylenes is 1. The van der Waals surface area contributed by atoms with Gasteiger partial charge in [-0.25, -0.2) is 4.79 Å². The molecule has 66 valence electrons. The van der Waals surface area contributed by atoms with Crippen molar-refractivity contribution in [3.63, 3.8) is 0 Å². The molecule has 1 rings (SSSR count). The number of amides is 1. The van der Waals surface area contributed by atoms with Gasteiger partial charge in [-0.2, -0.15) is 0 Å². The van der Waals surface area contributed by atoms with Gasteiger partial charge in [0.2, 0.25) is 0 Å². The zero-order chi connectivity index (χ0) is 8.97. The van der Waals surface area contributed by atoms with Crippen molar-refractivity contribution in [2.75, 3.05) is 13.1 Å². The summed E-state index contributed by atoms with van der Waals surface area (Å²) in [6.07, 6.45) is 6.97. The van der Waals surface area contributed by atoms with Crippen LogP contribution in [0.4, 0.5) is 4.79 Å². The SMILES string of the molecule is C#CCC1CCN(C(=O)O)CC1. The van der Waals surface area contributed by atoms with Crippen molar-refractivity contribution >= 4 is 6.09 Å². The van der Waals surface area contributed by atoms with Gasteiger partial charge in [-0.3, -0.25) is 0 Å². The van der Waals surface area contributed by atoms with Crippen LogP contribution in [0.1, 0.15) is 19.3 Å². The van der Waals surface area contributed by atoms with Crippen molar-refractivity contribution in [1.82, 2.24) is 4.90 Å². The summed E-state index contributed by atoms with van der Waals surface area (Å²) in [4.78, 5) is 12.0. The second-order valence-electron chi connectivity index (χ2n) is 3.12. The van der Waals surface area contributed by atoms with Crippen molar-refractivity contribution in [2.24, 2.45) is 5.92 Å². The summed E-state index contributed by atoms with van der Waals surface area (Å²) in [7, 11) is 0. The minimum Gasteiger partial charge on any atom is -0.465 e. The van der Waals surface area contributed by atoms with E-state index in [1.165, 1.54) is 4.90 Å². The molecule has 1 aliphatic rings. The van der Waals surface area contributed by atoms with Gasteiger partial charge in [0.05, 0.1) is 0 Å². The first-order valence-corrected chi connectivity index (χ1v) is 4.15. The fourth-order valence-corrected chi connectivity index (χ4v) is 1.50. The molecule has 0 spiro atoms. The first-order chi connectivity index (χ1) is 5.74. The van der Waals surface area contributed by atoms with E-state index in [4.69, 9.17) is 11.5 Å². The van der Waals surface area contributed by atoms with E-state index < -0.39 is 6.09 Å². The van der Waals surface area contributed by atoms with Gasteiger partial charge in [0, 0.05) is 19.5 Å². The Morgan fingerprint density at radius 1 is 1.58 bits per heavy atom. The first-order valence-electron chi connectivity index (χ1n) is 4.15. The lowest BCUT2D eigenvalue weighted by molar-refractivity contribution is 0.125. The molecular weight excluding hydrogens is 154 g/mol. The van der Waals surface area contributed by atoms with E-state index >= 15 is 0 Å². The molecule has 0 aromatic rings. The molecule has 0 unspecified atom stereocenters. The predicted octanol–water partition coefficient (Wildman–Crippen LogP) is 1.40. The third kappa shape index (κ3) is 2.16. The molecule has 0 radical (unpaired) electrons. The molecule has 1 fully saturated rings. The Morgan fingerprint density at radius 3 is 2.58 bits per heavy atom. The number of likely N-dealkylation sites (tertiary alicyclic amines) is 1. The van der Waals surface area contributed by atoms with E-state index in [1.54, 1.807) is 0 Å². The normalized spacial score (nSPS) is 18.8. The average molecular weight is 167 g/mol. The Morgan fingerprint density at radius 2 is 2.17 bits per heavy atom. The zero-order valence-electron chi connectivity index (χ0n) is 6.99. The van der Waals surface area contributed by atoms with Crippen LogP contribution in [-0.4, -0.2) is 29.2 Å². The van der Waals surface area contributed by atoms with Gasteiger partial charge in [0.1, 0.15) is 0 Å². The van der Waals surface area contributed by atoms with E-state index in [-0.39, 0.29) is 0 Å². The maximum Gasteiger partial charge on any atom is 0.407 e. The van der Waals surface area contributed by atoms with Crippen molar-refractivity contribution in [1.29, 1.82) is 0 Å². The second kappa shape index (κ2) is 4.01. The van der Waals surface area contributed by atoms with Gasteiger partial charge in [0.25, 0.3) is 0 Å². The van der Waals surface area contributed by atoms with E-state index in [2.05, 4.69) is 5.92 Å². The van der Waals surface area contributed by atoms with Crippen LogP contribution in [0, 0.1) is 18.3 Å². The highest BCUT2D eigenvalue weighted by Crippen LogP contribution is 2.19. The topological polar surface area (TPSA) is 40.5 Å². The van der Waals surface area contributed by atoms with Crippen molar-refractivity contribution in [3.05, 3.63) is 0 Å². The van der Waals surface area contributed by atoms with E-state index in [1.807, 2.05) is 0 Å². The number of hydrogen-bond acceptors (Lipinski definition) is 1. The van der Waals surface area contributed by atoms with Crippen LogP contribution in [-0.2, 0) is 0 Å².